The van der Waals surface area contributed by atoms with E-state index < -0.39 is 24.5 Å². The average molecular weight is 318 g/mol. The van der Waals surface area contributed by atoms with Crippen LogP contribution in [0.1, 0.15) is 25.0 Å². The van der Waals surface area contributed by atoms with E-state index in [9.17, 15) is 14.4 Å². The number of aryl methyl sites for hydroxylation is 1. The van der Waals surface area contributed by atoms with Crippen LogP contribution in [0.4, 0.5) is 0 Å². The summed E-state index contributed by atoms with van der Waals surface area (Å²) in [4.78, 5) is 34.7. The minimum Gasteiger partial charge on any atom is -0.452 e. The molecule has 23 heavy (non-hydrogen) atoms. The second kappa shape index (κ2) is 9.40. The third kappa shape index (κ3) is 6.78. The lowest BCUT2D eigenvalue weighted by Crippen LogP contribution is -2.46. The van der Waals surface area contributed by atoms with Gasteiger partial charge in [-0.05, 0) is 38.0 Å². The highest BCUT2D eigenvalue weighted by atomic mass is 16.5. The van der Waals surface area contributed by atoms with E-state index in [1.54, 1.807) is 19.9 Å². The standard InChI is InChI=1S/C17H22N2O4/c1-4-18-17(22)13(3)19-15(20)11-23-16(21)10-9-14-8-6-5-7-12(14)2/h5-10,13H,4,11H2,1-3H3,(H,18,22)(H,19,20)/b10-9+/t13-/m1/s1. The zero-order valence-corrected chi connectivity index (χ0v) is 13.6. The van der Waals surface area contributed by atoms with Gasteiger partial charge in [-0.1, -0.05) is 24.3 Å². The monoisotopic (exact) mass is 318 g/mol. The van der Waals surface area contributed by atoms with Gasteiger partial charge < -0.3 is 15.4 Å². The van der Waals surface area contributed by atoms with Gasteiger partial charge in [-0.15, -0.1) is 0 Å². The van der Waals surface area contributed by atoms with E-state index >= 15 is 0 Å². The highest BCUT2D eigenvalue weighted by Gasteiger charge is 2.15. The van der Waals surface area contributed by atoms with Crippen molar-refractivity contribution in [2.24, 2.45) is 0 Å². The van der Waals surface area contributed by atoms with Crippen molar-refractivity contribution in [1.29, 1.82) is 0 Å². The zero-order chi connectivity index (χ0) is 17.2. The highest BCUT2D eigenvalue weighted by Crippen LogP contribution is 2.08. The van der Waals surface area contributed by atoms with E-state index in [0.717, 1.165) is 11.1 Å². The topological polar surface area (TPSA) is 84.5 Å². The molecule has 2 N–H and O–H groups in total. The molecule has 0 saturated carbocycles. The van der Waals surface area contributed by atoms with Gasteiger partial charge in [-0.3, -0.25) is 9.59 Å². The van der Waals surface area contributed by atoms with E-state index in [0.29, 0.717) is 6.54 Å². The molecule has 0 aliphatic carbocycles. The smallest absolute Gasteiger partial charge is 0.331 e. The number of esters is 1. The minimum atomic E-state index is -0.677. The molecule has 1 aromatic carbocycles. The molecule has 0 fully saturated rings. The van der Waals surface area contributed by atoms with Gasteiger partial charge in [0.1, 0.15) is 6.04 Å². The molecule has 0 bridgehead atoms. The molecule has 0 aliphatic rings. The molecule has 0 spiro atoms. The maximum absolute atomic E-state index is 11.6. The maximum atomic E-state index is 11.6. The summed E-state index contributed by atoms with van der Waals surface area (Å²) in [6.45, 7) is 5.33. The second-order valence-electron chi connectivity index (χ2n) is 4.98. The first-order valence-electron chi connectivity index (χ1n) is 7.41. The van der Waals surface area contributed by atoms with Crippen molar-refractivity contribution in [3.63, 3.8) is 0 Å². The zero-order valence-electron chi connectivity index (χ0n) is 13.6. The Balaban J connectivity index is 2.40. The number of nitrogens with one attached hydrogen (secondary N) is 2. The molecule has 0 radical (unpaired) electrons. The number of amides is 2. The van der Waals surface area contributed by atoms with Gasteiger partial charge >= 0.3 is 5.97 Å². The third-order valence-electron chi connectivity index (χ3n) is 3.05. The Labute approximate surface area is 135 Å². The number of hydrogen-bond acceptors (Lipinski definition) is 4. The molecule has 0 heterocycles. The van der Waals surface area contributed by atoms with E-state index in [4.69, 9.17) is 4.74 Å². The fourth-order valence-corrected chi connectivity index (χ4v) is 1.79. The van der Waals surface area contributed by atoms with Gasteiger partial charge in [0.05, 0.1) is 0 Å². The summed E-state index contributed by atoms with van der Waals surface area (Å²) in [5.74, 6) is -1.43. The predicted octanol–water partition coefficient (Wildman–Crippen LogP) is 1.19. The van der Waals surface area contributed by atoms with Crippen LogP contribution < -0.4 is 10.6 Å². The molecule has 0 aliphatic heterocycles. The summed E-state index contributed by atoms with van der Waals surface area (Å²) in [5, 5.41) is 5.04. The van der Waals surface area contributed by atoms with Gasteiger partial charge in [0, 0.05) is 12.6 Å². The van der Waals surface area contributed by atoms with Gasteiger partial charge in [-0.2, -0.15) is 0 Å². The Hall–Kier alpha value is -2.63. The van der Waals surface area contributed by atoms with Crippen molar-refractivity contribution in [3.8, 4) is 0 Å². The summed E-state index contributed by atoms with van der Waals surface area (Å²) < 4.78 is 4.84. The van der Waals surface area contributed by atoms with Crippen molar-refractivity contribution in [3.05, 3.63) is 41.5 Å². The maximum Gasteiger partial charge on any atom is 0.331 e. The summed E-state index contributed by atoms with van der Waals surface area (Å²) in [7, 11) is 0. The van der Waals surface area contributed by atoms with E-state index in [2.05, 4.69) is 10.6 Å². The molecule has 0 unspecified atom stereocenters. The van der Waals surface area contributed by atoms with E-state index in [1.165, 1.54) is 6.08 Å². The molecule has 6 heteroatoms. The number of benzene rings is 1. The summed E-state index contributed by atoms with van der Waals surface area (Å²) in [6, 6.07) is 6.91. The number of carbonyl (C=O) groups excluding carboxylic acids is 3. The van der Waals surface area contributed by atoms with E-state index in [-0.39, 0.29) is 5.91 Å². The van der Waals surface area contributed by atoms with Crippen molar-refractivity contribution in [2.45, 2.75) is 26.8 Å². The second-order valence-corrected chi connectivity index (χ2v) is 4.98. The quantitative estimate of drug-likeness (QED) is 0.584. The lowest BCUT2D eigenvalue weighted by molar-refractivity contribution is -0.144. The van der Waals surface area contributed by atoms with Gasteiger partial charge in [0.25, 0.3) is 5.91 Å². The molecule has 6 nitrogen and oxygen atoms in total. The van der Waals surface area contributed by atoms with Crippen LogP contribution in [0.2, 0.25) is 0 Å². The Morgan fingerprint density at radius 1 is 1.26 bits per heavy atom. The fourth-order valence-electron chi connectivity index (χ4n) is 1.79. The first-order valence-corrected chi connectivity index (χ1v) is 7.41. The van der Waals surface area contributed by atoms with Crippen molar-refractivity contribution in [1.82, 2.24) is 10.6 Å². The van der Waals surface area contributed by atoms with Crippen LogP contribution in [0, 0.1) is 6.92 Å². The Morgan fingerprint density at radius 2 is 1.96 bits per heavy atom. The SMILES string of the molecule is CCNC(=O)[C@@H](C)NC(=O)COC(=O)/C=C/c1ccccc1C. The molecule has 124 valence electrons. The van der Waals surface area contributed by atoms with Crippen molar-refractivity contribution >= 4 is 23.9 Å². The highest BCUT2D eigenvalue weighted by molar-refractivity contribution is 5.91. The molecule has 0 saturated heterocycles. The number of rotatable bonds is 7. The summed E-state index contributed by atoms with van der Waals surface area (Å²) in [5.41, 5.74) is 1.93. The van der Waals surface area contributed by atoms with Gasteiger partial charge in [0.15, 0.2) is 6.61 Å². The van der Waals surface area contributed by atoms with Crippen LogP contribution in [0.15, 0.2) is 30.3 Å². The van der Waals surface area contributed by atoms with Crippen molar-refractivity contribution in [2.75, 3.05) is 13.2 Å². The number of ether oxygens (including phenoxy) is 1. The first kappa shape index (κ1) is 18.4. The molecule has 1 rings (SSSR count). The van der Waals surface area contributed by atoms with Crippen molar-refractivity contribution < 1.29 is 19.1 Å². The fraction of sp³-hybridized carbons (Fsp3) is 0.353. The average Bonchev–Trinajstić information content (AvgIpc) is 2.52. The minimum absolute atomic E-state index is 0.286. The number of hydrogen-bond donors (Lipinski definition) is 2. The normalized spacial score (nSPS) is 11.8. The number of likely N-dealkylation sites (N-methyl/N-ethyl adjacent to an activating group) is 1. The largest absolute Gasteiger partial charge is 0.452 e. The Kier molecular flexibility index (Phi) is 7.53. The molecule has 1 atom stereocenters. The Bertz CT molecular complexity index is 596. The van der Waals surface area contributed by atoms with Crippen LogP contribution in [-0.4, -0.2) is 37.0 Å². The van der Waals surface area contributed by atoms with Crippen LogP contribution in [0.5, 0.6) is 0 Å². The molecular weight excluding hydrogens is 296 g/mol. The van der Waals surface area contributed by atoms with Gasteiger partial charge in [0.2, 0.25) is 5.91 Å². The van der Waals surface area contributed by atoms with Crippen LogP contribution in [-0.2, 0) is 19.1 Å². The number of carbonyl (C=O) groups is 3. The first-order chi connectivity index (χ1) is 10.9. The Morgan fingerprint density at radius 3 is 2.61 bits per heavy atom. The predicted molar refractivity (Wildman–Crippen MR) is 87.5 cm³/mol. The van der Waals surface area contributed by atoms with Crippen LogP contribution in [0.25, 0.3) is 6.08 Å². The summed E-state index contributed by atoms with van der Waals surface area (Å²) >= 11 is 0. The van der Waals surface area contributed by atoms with Gasteiger partial charge in [-0.25, -0.2) is 4.79 Å². The van der Waals surface area contributed by atoms with Crippen LogP contribution in [0.3, 0.4) is 0 Å². The summed E-state index contributed by atoms with van der Waals surface area (Å²) in [6.07, 6.45) is 2.90. The molecule has 1 aromatic rings. The molecular formula is C17H22N2O4. The molecule has 0 aromatic heterocycles. The van der Waals surface area contributed by atoms with Crippen LogP contribution >= 0.6 is 0 Å². The van der Waals surface area contributed by atoms with E-state index in [1.807, 2.05) is 31.2 Å². The lowest BCUT2D eigenvalue weighted by atomic mass is 10.1. The third-order valence-corrected chi connectivity index (χ3v) is 3.05. The lowest BCUT2D eigenvalue weighted by Gasteiger charge is -2.12. The molecule has 2 amide bonds.